The second-order valence-electron chi connectivity index (χ2n) is 8.54. The highest BCUT2D eigenvalue weighted by atomic mass is 16.5. The lowest BCUT2D eigenvalue weighted by Crippen LogP contribution is -2.45. The Morgan fingerprint density at radius 3 is 2.58 bits per heavy atom. The largest absolute Gasteiger partial charge is 0.374 e. The first-order valence-corrected chi connectivity index (χ1v) is 10.3. The number of fused-ring (bicyclic) bond motifs is 1. The molecule has 26 heavy (non-hydrogen) atoms. The Hall–Kier alpha value is -1.64. The van der Waals surface area contributed by atoms with Crippen LogP contribution in [0.1, 0.15) is 54.2 Å². The highest BCUT2D eigenvalue weighted by molar-refractivity contribution is 5.35. The molecular weight excluding hydrogens is 318 g/mol. The Morgan fingerprint density at radius 2 is 1.73 bits per heavy atom. The second-order valence-corrected chi connectivity index (χ2v) is 8.54. The Morgan fingerprint density at radius 1 is 0.962 bits per heavy atom. The highest BCUT2D eigenvalue weighted by Gasteiger charge is 2.43. The van der Waals surface area contributed by atoms with Crippen LogP contribution >= 0.6 is 0 Å². The normalized spacial score (nSPS) is 27.7. The summed E-state index contributed by atoms with van der Waals surface area (Å²) in [6.45, 7) is 4.52. The van der Waals surface area contributed by atoms with Gasteiger partial charge in [-0.1, -0.05) is 54.6 Å². The number of hydrogen-bond donors (Lipinski definition) is 0. The van der Waals surface area contributed by atoms with E-state index in [9.17, 15) is 0 Å². The van der Waals surface area contributed by atoms with Gasteiger partial charge in [-0.05, 0) is 54.7 Å². The molecule has 1 aliphatic carbocycles. The van der Waals surface area contributed by atoms with Gasteiger partial charge in [0.05, 0.1) is 12.2 Å². The molecular formula is C24H29NO. The summed E-state index contributed by atoms with van der Waals surface area (Å²) in [7, 11) is 0. The van der Waals surface area contributed by atoms with Gasteiger partial charge in [0.15, 0.2) is 0 Å². The zero-order valence-electron chi connectivity index (χ0n) is 15.6. The molecule has 5 rings (SSSR count). The topological polar surface area (TPSA) is 12.5 Å². The number of benzene rings is 2. The van der Waals surface area contributed by atoms with Crippen LogP contribution in [-0.4, -0.2) is 36.7 Å². The molecule has 2 fully saturated rings. The molecule has 2 aromatic rings. The van der Waals surface area contributed by atoms with Crippen molar-refractivity contribution in [3.8, 4) is 0 Å². The molecule has 2 aliphatic heterocycles. The van der Waals surface area contributed by atoms with Crippen molar-refractivity contribution in [1.29, 1.82) is 0 Å². The molecule has 0 saturated carbocycles. The summed E-state index contributed by atoms with van der Waals surface area (Å²) < 4.78 is 6.40. The molecule has 1 unspecified atom stereocenters. The lowest BCUT2D eigenvalue weighted by Gasteiger charge is -2.39. The molecule has 2 aromatic carbocycles. The molecule has 2 heteroatoms. The van der Waals surface area contributed by atoms with Crippen LogP contribution in [-0.2, 0) is 11.2 Å². The fraction of sp³-hybridized carbons (Fsp3) is 0.500. The minimum absolute atomic E-state index is 0.143. The van der Waals surface area contributed by atoms with Gasteiger partial charge in [0.2, 0.25) is 0 Å². The van der Waals surface area contributed by atoms with Crippen molar-refractivity contribution in [2.45, 2.75) is 49.5 Å². The third kappa shape index (κ3) is 3.10. The minimum Gasteiger partial charge on any atom is -0.374 e. The van der Waals surface area contributed by atoms with E-state index in [4.69, 9.17) is 4.74 Å². The second kappa shape index (κ2) is 6.83. The molecule has 0 bridgehead atoms. The van der Waals surface area contributed by atoms with E-state index in [-0.39, 0.29) is 5.60 Å². The van der Waals surface area contributed by atoms with Gasteiger partial charge in [-0.25, -0.2) is 0 Å². The molecule has 136 valence electrons. The van der Waals surface area contributed by atoms with Crippen molar-refractivity contribution in [3.63, 3.8) is 0 Å². The van der Waals surface area contributed by atoms with Crippen LogP contribution in [0.4, 0.5) is 0 Å². The van der Waals surface area contributed by atoms with Crippen LogP contribution in [0, 0.1) is 0 Å². The summed E-state index contributed by atoms with van der Waals surface area (Å²) in [6, 6.07) is 20.0. The van der Waals surface area contributed by atoms with Gasteiger partial charge >= 0.3 is 0 Å². The molecule has 1 spiro atoms. The van der Waals surface area contributed by atoms with Crippen LogP contribution in [0.2, 0.25) is 0 Å². The average molecular weight is 348 g/mol. The molecule has 0 N–H and O–H groups in total. The Balaban J connectivity index is 1.18. The van der Waals surface area contributed by atoms with E-state index < -0.39 is 0 Å². The first-order chi connectivity index (χ1) is 12.8. The number of ether oxygens (including phenoxy) is 1. The van der Waals surface area contributed by atoms with Crippen molar-refractivity contribution in [2.24, 2.45) is 0 Å². The molecule has 2 saturated heterocycles. The minimum atomic E-state index is 0.143. The summed E-state index contributed by atoms with van der Waals surface area (Å²) in [5.74, 6) is 1.33. The quantitative estimate of drug-likeness (QED) is 0.794. The van der Waals surface area contributed by atoms with Gasteiger partial charge in [-0.2, -0.15) is 0 Å². The first-order valence-electron chi connectivity index (χ1n) is 10.3. The van der Waals surface area contributed by atoms with Crippen LogP contribution in [0.3, 0.4) is 0 Å². The van der Waals surface area contributed by atoms with Crippen LogP contribution < -0.4 is 0 Å². The maximum Gasteiger partial charge on any atom is 0.0713 e. The number of nitrogens with zero attached hydrogens (tertiary/aromatic N) is 1. The molecule has 2 atom stereocenters. The lowest BCUT2D eigenvalue weighted by molar-refractivity contribution is -0.0442. The molecule has 2 nitrogen and oxygen atoms in total. The Kier molecular flexibility index (Phi) is 4.34. The third-order valence-corrected chi connectivity index (χ3v) is 6.98. The van der Waals surface area contributed by atoms with Crippen LogP contribution in [0.5, 0.6) is 0 Å². The van der Waals surface area contributed by atoms with E-state index in [1.54, 1.807) is 11.1 Å². The maximum absolute atomic E-state index is 6.40. The van der Waals surface area contributed by atoms with Gasteiger partial charge in [-0.3, -0.25) is 0 Å². The number of likely N-dealkylation sites (tertiary alicyclic amines) is 1. The summed E-state index contributed by atoms with van der Waals surface area (Å²) >= 11 is 0. The van der Waals surface area contributed by atoms with Gasteiger partial charge in [-0.15, -0.1) is 0 Å². The standard InChI is InChI=1S/C24H29NO/c1-2-6-19(7-3-1)22-16-24(26-18-22)12-14-25(15-13-24)17-21-11-10-20-8-4-5-9-23(20)21/h1-9,21-22H,10-18H2/t21?,22-/m0/s1. The van der Waals surface area contributed by atoms with Crippen molar-refractivity contribution in [2.75, 3.05) is 26.2 Å². The maximum atomic E-state index is 6.40. The van der Waals surface area contributed by atoms with Gasteiger partial charge in [0, 0.05) is 25.6 Å². The fourth-order valence-corrected chi connectivity index (χ4v) is 5.42. The third-order valence-electron chi connectivity index (χ3n) is 6.98. The van der Waals surface area contributed by atoms with E-state index in [1.807, 2.05) is 0 Å². The Bertz CT molecular complexity index is 748. The average Bonchev–Trinajstić information content (AvgIpc) is 3.30. The summed E-state index contributed by atoms with van der Waals surface area (Å²) in [5, 5.41) is 0. The highest BCUT2D eigenvalue weighted by Crippen LogP contribution is 2.43. The zero-order valence-corrected chi connectivity index (χ0v) is 15.6. The van der Waals surface area contributed by atoms with E-state index in [0.29, 0.717) is 5.92 Å². The Labute approximate surface area is 157 Å². The van der Waals surface area contributed by atoms with Gasteiger partial charge in [0.25, 0.3) is 0 Å². The molecule has 0 radical (unpaired) electrons. The van der Waals surface area contributed by atoms with Crippen molar-refractivity contribution in [3.05, 3.63) is 71.3 Å². The van der Waals surface area contributed by atoms with Crippen LogP contribution in [0.25, 0.3) is 0 Å². The monoisotopic (exact) mass is 347 g/mol. The van der Waals surface area contributed by atoms with Crippen molar-refractivity contribution in [1.82, 2.24) is 4.90 Å². The molecule has 0 amide bonds. The van der Waals surface area contributed by atoms with E-state index in [0.717, 1.165) is 12.5 Å². The number of hydrogen-bond acceptors (Lipinski definition) is 2. The predicted octanol–water partition coefficient (Wildman–Crippen LogP) is 4.76. The first kappa shape index (κ1) is 16.5. The summed E-state index contributed by atoms with van der Waals surface area (Å²) in [5.41, 5.74) is 4.78. The predicted molar refractivity (Wildman–Crippen MR) is 106 cm³/mol. The fourth-order valence-electron chi connectivity index (χ4n) is 5.42. The zero-order chi connectivity index (χ0) is 17.4. The number of rotatable bonds is 3. The van der Waals surface area contributed by atoms with Crippen molar-refractivity contribution < 1.29 is 4.74 Å². The molecule has 3 aliphatic rings. The number of aryl methyl sites for hydroxylation is 1. The number of piperidine rings is 1. The summed E-state index contributed by atoms with van der Waals surface area (Å²) in [6.07, 6.45) is 6.20. The van der Waals surface area contributed by atoms with Crippen LogP contribution in [0.15, 0.2) is 54.6 Å². The molecule has 0 aromatic heterocycles. The van der Waals surface area contributed by atoms with E-state index >= 15 is 0 Å². The van der Waals surface area contributed by atoms with E-state index in [1.165, 1.54) is 57.3 Å². The lowest BCUT2D eigenvalue weighted by atomic mass is 9.83. The smallest absolute Gasteiger partial charge is 0.0713 e. The van der Waals surface area contributed by atoms with Crippen molar-refractivity contribution >= 4 is 0 Å². The van der Waals surface area contributed by atoms with Gasteiger partial charge < -0.3 is 9.64 Å². The van der Waals surface area contributed by atoms with E-state index in [2.05, 4.69) is 59.5 Å². The summed E-state index contributed by atoms with van der Waals surface area (Å²) in [4.78, 5) is 2.69. The SMILES string of the molecule is c1ccc([C@@H]2COC3(CCN(CC4CCc5ccccc54)CC3)C2)cc1. The molecule has 2 heterocycles. The van der Waals surface area contributed by atoms with Gasteiger partial charge in [0.1, 0.15) is 0 Å².